The molecule has 0 saturated heterocycles. The van der Waals surface area contributed by atoms with Gasteiger partial charge < -0.3 is 0 Å². The maximum absolute atomic E-state index is 7.34. The second-order valence-corrected chi connectivity index (χ2v) is 4.18. The molecule has 0 amide bonds. The minimum Gasteiger partial charge on any atom is -0.286 e. The standard InChI is InChI=1S/C6H10N3P/c7-10(8,9)6-4-2-1-3-5-6/h1-5H,(H5,7,8,9). The fourth-order valence-corrected chi connectivity index (χ4v) is 1.34. The highest BCUT2D eigenvalue weighted by Gasteiger charge is 2.04. The summed E-state index contributed by atoms with van der Waals surface area (Å²) < 4.78 is 0. The number of hydrogen-bond acceptors (Lipinski definition) is 1. The zero-order valence-electron chi connectivity index (χ0n) is 5.49. The fraction of sp³-hybridized carbons (Fsp3) is 0. The van der Waals surface area contributed by atoms with Gasteiger partial charge in [0, 0.05) is 5.30 Å². The minimum absolute atomic E-state index is 0.731. The molecular weight excluding hydrogens is 145 g/mol. The van der Waals surface area contributed by atoms with Gasteiger partial charge in [-0.1, -0.05) is 30.3 Å². The van der Waals surface area contributed by atoms with Crippen LogP contribution >= 0.6 is 7.36 Å². The summed E-state index contributed by atoms with van der Waals surface area (Å²) in [5.41, 5.74) is 10.8. The first-order valence-electron chi connectivity index (χ1n) is 2.87. The molecule has 0 aliphatic heterocycles. The first-order valence-corrected chi connectivity index (χ1v) is 4.80. The predicted molar refractivity (Wildman–Crippen MR) is 44.1 cm³/mol. The van der Waals surface area contributed by atoms with Gasteiger partial charge in [-0.2, -0.15) is 0 Å². The molecule has 0 bridgehead atoms. The summed E-state index contributed by atoms with van der Waals surface area (Å²) in [6.07, 6.45) is 0. The zero-order chi connectivity index (χ0) is 7.61. The van der Waals surface area contributed by atoms with Crippen molar-refractivity contribution in [3.8, 4) is 0 Å². The van der Waals surface area contributed by atoms with Gasteiger partial charge in [-0.05, 0) is 0 Å². The Balaban J connectivity index is 3.09. The van der Waals surface area contributed by atoms with E-state index in [9.17, 15) is 0 Å². The van der Waals surface area contributed by atoms with Gasteiger partial charge in [-0.15, -0.1) is 0 Å². The SMILES string of the molecule is N=P(N)(N)c1ccccc1. The molecule has 5 N–H and O–H groups in total. The van der Waals surface area contributed by atoms with Gasteiger partial charge >= 0.3 is 0 Å². The van der Waals surface area contributed by atoms with Gasteiger partial charge in [-0.3, -0.25) is 16.2 Å². The van der Waals surface area contributed by atoms with E-state index in [2.05, 4.69) is 0 Å². The van der Waals surface area contributed by atoms with Crippen LogP contribution in [0, 0.1) is 5.16 Å². The van der Waals surface area contributed by atoms with E-state index in [1.165, 1.54) is 0 Å². The van der Waals surface area contributed by atoms with Crippen molar-refractivity contribution in [3.63, 3.8) is 0 Å². The molecule has 4 heteroatoms. The maximum Gasteiger partial charge on any atom is 0.113 e. The first kappa shape index (κ1) is 7.48. The topological polar surface area (TPSA) is 75.9 Å². The Labute approximate surface area is 60.0 Å². The molecule has 1 rings (SSSR count). The lowest BCUT2D eigenvalue weighted by Crippen LogP contribution is -2.17. The molecule has 0 saturated carbocycles. The summed E-state index contributed by atoms with van der Waals surface area (Å²) in [5, 5.41) is 8.07. The number of hydrogen-bond donors (Lipinski definition) is 3. The molecule has 0 aromatic heterocycles. The Bertz CT molecular complexity index is 251. The van der Waals surface area contributed by atoms with E-state index in [0.717, 1.165) is 5.30 Å². The second kappa shape index (κ2) is 2.54. The van der Waals surface area contributed by atoms with Gasteiger partial charge in [0.2, 0.25) is 0 Å². The molecule has 10 heavy (non-hydrogen) atoms. The van der Waals surface area contributed by atoms with Crippen molar-refractivity contribution in [2.45, 2.75) is 0 Å². The molecule has 1 aromatic rings. The van der Waals surface area contributed by atoms with E-state index in [0.29, 0.717) is 0 Å². The highest BCUT2D eigenvalue weighted by Crippen LogP contribution is 2.23. The maximum atomic E-state index is 7.34. The van der Waals surface area contributed by atoms with Crippen LogP contribution in [-0.4, -0.2) is 0 Å². The van der Waals surface area contributed by atoms with Gasteiger partial charge in [0.25, 0.3) is 0 Å². The van der Waals surface area contributed by atoms with Crippen LogP contribution in [0.3, 0.4) is 0 Å². The van der Waals surface area contributed by atoms with Crippen LogP contribution in [-0.2, 0) is 0 Å². The molecule has 0 fully saturated rings. The van der Waals surface area contributed by atoms with E-state index in [-0.39, 0.29) is 0 Å². The molecule has 0 unspecified atom stereocenters. The molecule has 3 nitrogen and oxygen atoms in total. The zero-order valence-corrected chi connectivity index (χ0v) is 6.38. The molecule has 1 aromatic carbocycles. The van der Waals surface area contributed by atoms with E-state index < -0.39 is 7.36 Å². The average Bonchev–Trinajstić information content (AvgIpc) is 1.88. The van der Waals surface area contributed by atoms with Gasteiger partial charge in [-0.25, -0.2) is 0 Å². The summed E-state index contributed by atoms with van der Waals surface area (Å²) >= 11 is 0. The lowest BCUT2D eigenvalue weighted by atomic mass is 10.4. The Morgan fingerprint density at radius 2 is 1.60 bits per heavy atom. The Hall–Kier alpha value is -0.630. The lowest BCUT2D eigenvalue weighted by Gasteiger charge is -2.08. The summed E-state index contributed by atoms with van der Waals surface area (Å²) in [6.45, 7) is 0. The highest BCUT2D eigenvalue weighted by molar-refractivity contribution is 7.68. The monoisotopic (exact) mass is 155 g/mol. The third kappa shape index (κ3) is 1.67. The van der Waals surface area contributed by atoms with Crippen LogP contribution in [0.4, 0.5) is 0 Å². The van der Waals surface area contributed by atoms with E-state index >= 15 is 0 Å². The van der Waals surface area contributed by atoms with Crippen molar-refractivity contribution in [2.24, 2.45) is 11.0 Å². The van der Waals surface area contributed by atoms with Gasteiger partial charge in [0.1, 0.15) is 7.36 Å². The van der Waals surface area contributed by atoms with Crippen LogP contribution in [0.2, 0.25) is 0 Å². The minimum atomic E-state index is -2.52. The van der Waals surface area contributed by atoms with Crippen molar-refractivity contribution in [1.82, 2.24) is 0 Å². The summed E-state index contributed by atoms with van der Waals surface area (Å²) in [4.78, 5) is 0. The normalized spacial score (nSPS) is 11.4. The average molecular weight is 155 g/mol. The predicted octanol–water partition coefficient (Wildman–Crippen LogP) is 0.839. The number of benzene rings is 1. The van der Waals surface area contributed by atoms with Crippen LogP contribution in [0.15, 0.2) is 30.3 Å². The highest BCUT2D eigenvalue weighted by atomic mass is 31.2. The number of nitrogens with two attached hydrogens (primary N) is 2. The van der Waals surface area contributed by atoms with E-state index in [1.807, 2.05) is 18.2 Å². The Morgan fingerprint density at radius 3 is 1.90 bits per heavy atom. The smallest absolute Gasteiger partial charge is 0.113 e. The van der Waals surface area contributed by atoms with Crippen molar-refractivity contribution in [2.75, 3.05) is 0 Å². The molecule has 0 aliphatic carbocycles. The third-order valence-electron chi connectivity index (χ3n) is 1.18. The molecule has 0 atom stereocenters. The summed E-state index contributed by atoms with van der Waals surface area (Å²) in [6, 6.07) is 9.09. The summed E-state index contributed by atoms with van der Waals surface area (Å²) in [7, 11) is -2.52. The quantitative estimate of drug-likeness (QED) is 0.525. The van der Waals surface area contributed by atoms with Gasteiger partial charge in [0.15, 0.2) is 0 Å². The Kier molecular flexibility index (Phi) is 1.90. The molecule has 54 valence electrons. The van der Waals surface area contributed by atoms with E-state index in [4.69, 9.17) is 16.2 Å². The van der Waals surface area contributed by atoms with Crippen LogP contribution < -0.4 is 16.3 Å². The van der Waals surface area contributed by atoms with Crippen molar-refractivity contribution < 1.29 is 0 Å². The molecule has 0 spiro atoms. The molecule has 0 radical (unpaired) electrons. The fourth-order valence-electron chi connectivity index (χ4n) is 0.675. The summed E-state index contributed by atoms with van der Waals surface area (Å²) in [5.74, 6) is 0. The van der Waals surface area contributed by atoms with E-state index in [1.54, 1.807) is 12.1 Å². The number of rotatable bonds is 1. The lowest BCUT2D eigenvalue weighted by molar-refractivity contribution is 1.51. The Morgan fingerprint density at radius 1 is 1.10 bits per heavy atom. The van der Waals surface area contributed by atoms with Crippen molar-refractivity contribution in [3.05, 3.63) is 30.3 Å². The van der Waals surface area contributed by atoms with Crippen LogP contribution in [0.25, 0.3) is 0 Å². The molecule has 0 heterocycles. The molecular formula is C6H10N3P. The largest absolute Gasteiger partial charge is 0.286 e. The third-order valence-corrected chi connectivity index (χ3v) is 2.34. The van der Waals surface area contributed by atoms with Crippen LogP contribution in [0.5, 0.6) is 0 Å². The van der Waals surface area contributed by atoms with Crippen molar-refractivity contribution >= 4 is 12.7 Å². The van der Waals surface area contributed by atoms with Crippen LogP contribution in [0.1, 0.15) is 0 Å². The first-order chi connectivity index (χ1) is 4.61. The second-order valence-electron chi connectivity index (χ2n) is 2.11. The van der Waals surface area contributed by atoms with Gasteiger partial charge in [0.05, 0.1) is 0 Å². The van der Waals surface area contributed by atoms with Crippen molar-refractivity contribution in [1.29, 1.82) is 5.16 Å². The number of nitrogens with one attached hydrogen (secondary N) is 1. The molecule has 0 aliphatic rings.